The van der Waals surface area contributed by atoms with Crippen LogP contribution in [0.25, 0.3) is 22.8 Å². The van der Waals surface area contributed by atoms with Crippen LogP contribution in [0.4, 0.5) is 4.39 Å². The standard InChI is InChI=1S/C21H27FN4O3Si/c1-5-29-21(27)17-12-26(14-28-10-11-30(2,3)4)20(25-17)19-18(23-13-24-19)15-6-8-16(22)9-7-15/h6-9,12-13H,5,10-11,14H2,1-4H3,(H,23,24). The smallest absolute Gasteiger partial charge is 0.358 e. The summed E-state index contributed by atoms with van der Waals surface area (Å²) < 4.78 is 26.1. The van der Waals surface area contributed by atoms with Gasteiger partial charge in [-0.25, -0.2) is 19.2 Å². The van der Waals surface area contributed by atoms with E-state index in [1.165, 1.54) is 12.1 Å². The summed E-state index contributed by atoms with van der Waals surface area (Å²) in [7, 11) is -1.21. The number of hydrogen-bond donors (Lipinski definition) is 1. The third-order valence-electron chi connectivity index (χ3n) is 4.47. The molecule has 0 saturated carbocycles. The monoisotopic (exact) mass is 430 g/mol. The topological polar surface area (TPSA) is 82.0 Å². The van der Waals surface area contributed by atoms with E-state index in [0.29, 0.717) is 23.8 Å². The number of hydrogen-bond acceptors (Lipinski definition) is 5. The molecular weight excluding hydrogens is 403 g/mol. The van der Waals surface area contributed by atoms with Crippen LogP contribution in [-0.2, 0) is 16.2 Å². The molecule has 0 atom stereocenters. The number of carbonyl (C=O) groups excluding carboxylic acids is 1. The van der Waals surface area contributed by atoms with E-state index in [2.05, 4.69) is 34.6 Å². The summed E-state index contributed by atoms with van der Waals surface area (Å²) in [6, 6.07) is 7.10. The maximum atomic E-state index is 13.3. The third-order valence-corrected chi connectivity index (χ3v) is 6.17. The van der Waals surface area contributed by atoms with Crippen molar-refractivity contribution in [3.05, 3.63) is 48.3 Å². The predicted octanol–water partition coefficient (Wildman–Crippen LogP) is 4.57. The highest BCUT2D eigenvalue weighted by Gasteiger charge is 2.21. The zero-order valence-corrected chi connectivity index (χ0v) is 18.7. The minimum Gasteiger partial charge on any atom is -0.461 e. The third kappa shape index (κ3) is 5.42. The lowest BCUT2D eigenvalue weighted by Gasteiger charge is -2.16. The number of esters is 1. The Labute approximate surface area is 176 Å². The molecule has 0 aliphatic rings. The number of carbonyl (C=O) groups is 1. The Bertz CT molecular complexity index is 993. The fraction of sp³-hybridized carbons (Fsp3) is 0.381. The van der Waals surface area contributed by atoms with Gasteiger partial charge in [0.15, 0.2) is 11.5 Å². The Morgan fingerprint density at radius 2 is 1.97 bits per heavy atom. The van der Waals surface area contributed by atoms with Gasteiger partial charge in [-0.2, -0.15) is 0 Å². The number of aromatic amines is 1. The van der Waals surface area contributed by atoms with Gasteiger partial charge in [-0.05, 0) is 37.2 Å². The molecule has 2 aromatic heterocycles. The minimum atomic E-state index is -1.21. The minimum absolute atomic E-state index is 0.195. The molecule has 2 heterocycles. The number of H-pyrrole nitrogens is 1. The van der Waals surface area contributed by atoms with Gasteiger partial charge in [0, 0.05) is 26.4 Å². The fourth-order valence-corrected chi connectivity index (χ4v) is 3.61. The molecule has 0 amide bonds. The lowest BCUT2D eigenvalue weighted by Crippen LogP contribution is -2.22. The summed E-state index contributed by atoms with van der Waals surface area (Å²) in [5.41, 5.74) is 2.16. The molecule has 0 spiro atoms. The summed E-state index contributed by atoms with van der Waals surface area (Å²) >= 11 is 0. The zero-order valence-electron chi connectivity index (χ0n) is 17.7. The number of nitrogens with one attached hydrogen (secondary N) is 1. The number of rotatable bonds is 9. The van der Waals surface area contributed by atoms with Gasteiger partial charge >= 0.3 is 5.97 Å². The quantitative estimate of drug-likeness (QED) is 0.305. The van der Waals surface area contributed by atoms with Gasteiger partial charge in [-0.1, -0.05) is 19.6 Å². The van der Waals surface area contributed by atoms with E-state index in [-0.39, 0.29) is 24.8 Å². The van der Waals surface area contributed by atoms with Crippen LogP contribution < -0.4 is 0 Å². The first-order chi connectivity index (χ1) is 14.3. The molecule has 7 nitrogen and oxygen atoms in total. The Balaban J connectivity index is 1.92. The maximum Gasteiger partial charge on any atom is 0.358 e. The first-order valence-electron chi connectivity index (χ1n) is 9.90. The Hall–Kier alpha value is -2.78. The summed E-state index contributed by atoms with van der Waals surface area (Å²) in [4.78, 5) is 24.2. The average molecular weight is 431 g/mol. The summed E-state index contributed by atoms with van der Waals surface area (Å²) in [6.07, 6.45) is 3.17. The van der Waals surface area contributed by atoms with Gasteiger partial charge in [0.1, 0.15) is 18.2 Å². The molecule has 3 rings (SSSR count). The molecule has 1 aromatic carbocycles. The van der Waals surface area contributed by atoms with Crippen LogP contribution in [0.15, 0.2) is 36.8 Å². The Morgan fingerprint density at radius 3 is 2.63 bits per heavy atom. The zero-order chi connectivity index (χ0) is 21.7. The number of halogens is 1. The molecule has 0 unspecified atom stereocenters. The normalized spacial score (nSPS) is 11.6. The van der Waals surface area contributed by atoms with E-state index in [0.717, 1.165) is 11.6 Å². The lowest BCUT2D eigenvalue weighted by atomic mass is 10.1. The molecule has 0 fully saturated rings. The molecule has 1 N–H and O–H groups in total. The SMILES string of the molecule is CCOC(=O)c1cn(COCC[Si](C)(C)C)c(-c2[nH]cnc2-c2ccc(F)cc2)n1. The first kappa shape index (κ1) is 21.9. The van der Waals surface area contributed by atoms with Gasteiger partial charge in [-0.15, -0.1) is 0 Å². The maximum absolute atomic E-state index is 13.3. The van der Waals surface area contributed by atoms with Crippen molar-refractivity contribution in [2.24, 2.45) is 0 Å². The molecule has 0 aliphatic carbocycles. The number of imidazole rings is 2. The van der Waals surface area contributed by atoms with Crippen molar-refractivity contribution in [3.63, 3.8) is 0 Å². The molecule has 3 aromatic rings. The molecule has 0 bridgehead atoms. The highest BCUT2D eigenvalue weighted by molar-refractivity contribution is 6.76. The molecule has 30 heavy (non-hydrogen) atoms. The van der Waals surface area contributed by atoms with Crippen LogP contribution in [0.5, 0.6) is 0 Å². The predicted molar refractivity (Wildman–Crippen MR) is 115 cm³/mol. The first-order valence-corrected chi connectivity index (χ1v) is 13.6. The van der Waals surface area contributed by atoms with Crippen LogP contribution in [0.1, 0.15) is 17.4 Å². The second kappa shape index (κ2) is 9.35. The average Bonchev–Trinajstić information content (AvgIpc) is 3.32. The summed E-state index contributed by atoms with van der Waals surface area (Å²) in [6.45, 7) is 9.76. The highest BCUT2D eigenvalue weighted by atomic mass is 28.3. The molecule has 0 radical (unpaired) electrons. The van der Waals surface area contributed by atoms with Crippen LogP contribution in [0, 0.1) is 5.82 Å². The van der Waals surface area contributed by atoms with Crippen molar-refractivity contribution in [1.82, 2.24) is 19.5 Å². The van der Waals surface area contributed by atoms with E-state index in [1.54, 1.807) is 36.1 Å². The van der Waals surface area contributed by atoms with Crippen LogP contribution in [0.3, 0.4) is 0 Å². The van der Waals surface area contributed by atoms with E-state index in [4.69, 9.17) is 9.47 Å². The van der Waals surface area contributed by atoms with Gasteiger partial charge in [-0.3, -0.25) is 0 Å². The number of nitrogens with zero attached hydrogens (tertiary/aromatic N) is 3. The highest BCUT2D eigenvalue weighted by Crippen LogP contribution is 2.29. The van der Waals surface area contributed by atoms with Crippen molar-refractivity contribution in [2.45, 2.75) is 39.3 Å². The molecule has 9 heteroatoms. The van der Waals surface area contributed by atoms with Crippen molar-refractivity contribution in [1.29, 1.82) is 0 Å². The van der Waals surface area contributed by atoms with Crippen LogP contribution >= 0.6 is 0 Å². The summed E-state index contributed by atoms with van der Waals surface area (Å²) in [5.74, 6) is -0.317. The Morgan fingerprint density at radius 1 is 1.23 bits per heavy atom. The molecule has 0 saturated heterocycles. The Kier molecular flexibility index (Phi) is 6.83. The van der Waals surface area contributed by atoms with Gasteiger partial charge in [0.05, 0.1) is 18.6 Å². The molecule has 0 aliphatic heterocycles. The second-order valence-electron chi connectivity index (χ2n) is 8.12. The number of ether oxygens (including phenoxy) is 2. The van der Waals surface area contributed by atoms with Crippen molar-refractivity contribution >= 4 is 14.0 Å². The van der Waals surface area contributed by atoms with E-state index < -0.39 is 14.0 Å². The fourth-order valence-electron chi connectivity index (χ4n) is 2.85. The molecular formula is C21H27FN4O3Si. The van der Waals surface area contributed by atoms with Crippen LogP contribution in [-0.4, -0.2) is 46.8 Å². The summed E-state index contributed by atoms with van der Waals surface area (Å²) in [5, 5.41) is 0. The van der Waals surface area contributed by atoms with Gasteiger partial charge in [0.2, 0.25) is 0 Å². The van der Waals surface area contributed by atoms with Crippen molar-refractivity contribution in [3.8, 4) is 22.8 Å². The van der Waals surface area contributed by atoms with Crippen LogP contribution in [0.2, 0.25) is 25.7 Å². The van der Waals surface area contributed by atoms with Gasteiger partial charge < -0.3 is 19.0 Å². The number of aromatic nitrogens is 4. The van der Waals surface area contributed by atoms with E-state index in [1.807, 2.05) is 0 Å². The van der Waals surface area contributed by atoms with E-state index in [9.17, 15) is 9.18 Å². The van der Waals surface area contributed by atoms with Crippen molar-refractivity contribution in [2.75, 3.05) is 13.2 Å². The largest absolute Gasteiger partial charge is 0.461 e. The lowest BCUT2D eigenvalue weighted by molar-refractivity contribution is 0.0519. The second-order valence-corrected chi connectivity index (χ2v) is 13.7. The van der Waals surface area contributed by atoms with E-state index >= 15 is 0 Å². The van der Waals surface area contributed by atoms with Crippen molar-refractivity contribution < 1.29 is 18.7 Å². The van der Waals surface area contributed by atoms with Gasteiger partial charge in [0.25, 0.3) is 0 Å². The number of benzene rings is 1. The molecule has 160 valence electrons.